The lowest BCUT2D eigenvalue weighted by Crippen LogP contribution is -2.45. The van der Waals surface area contributed by atoms with Crippen molar-refractivity contribution in [3.63, 3.8) is 0 Å². The highest BCUT2D eigenvalue weighted by Gasteiger charge is 2.39. The number of aryl methyl sites for hydroxylation is 1. The molecule has 0 aliphatic carbocycles. The Balaban J connectivity index is 1.26. The highest BCUT2D eigenvalue weighted by molar-refractivity contribution is 6.00. The average molecular weight is 694 g/mol. The number of hydrogen-bond acceptors (Lipinski definition) is 8. The lowest BCUT2D eigenvalue weighted by Gasteiger charge is -2.21. The van der Waals surface area contributed by atoms with Gasteiger partial charge in [0.15, 0.2) is 6.61 Å². The zero-order chi connectivity index (χ0) is 35.9. The fourth-order valence-electron chi connectivity index (χ4n) is 6.17. The summed E-state index contributed by atoms with van der Waals surface area (Å²) in [5.41, 5.74) is 3.37. The highest BCUT2D eigenvalue weighted by Crippen LogP contribution is 2.24. The predicted octanol–water partition coefficient (Wildman–Crippen LogP) is 3.18. The van der Waals surface area contributed by atoms with Crippen molar-refractivity contribution >= 4 is 23.6 Å². The molecule has 3 aliphatic heterocycles. The largest absolute Gasteiger partial charge is 0.486 e. The number of carbonyl (C=O) groups excluding carboxylic acids is 4. The van der Waals surface area contributed by atoms with E-state index in [-0.39, 0.29) is 54.9 Å². The molecule has 13 heteroatoms. The smallest absolute Gasteiger partial charge is 0.272 e. The predicted molar refractivity (Wildman–Crippen MR) is 189 cm³/mol. The summed E-state index contributed by atoms with van der Waals surface area (Å²) in [6.45, 7) is 7.40. The van der Waals surface area contributed by atoms with Gasteiger partial charge in [-0.25, -0.2) is 0 Å². The van der Waals surface area contributed by atoms with E-state index >= 15 is 0 Å². The van der Waals surface area contributed by atoms with Gasteiger partial charge >= 0.3 is 0 Å². The van der Waals surface area contributed by atoms with Crippen molar-refractivity contribution in [2.75, 3.05) is 26.2 Å². The van der Waals surface area contributed by atoms with E-state index in [2.05, 4.69) is 39.9 Å². The Kier molecular flexibility index (Phi) is 10.9. The number of benzene rings is 2. The van der Waals surface area contributed by atoms with Gasteiger partial charge in [-0.1, -0.05) is 32.0 Å². The SMILES string of the molecule is CCn1nc(CC(C)C)cc1C(=O)N1C[C@@H]2NC(=O)c3cc(cc(C(=O)NCCc4ccccn4)c3)OCC(=O)NCc3ccc(cc3)O[C@H]2C1. The molecule has 3 N–H and O–H groups in total. The van der Waals surface area contributed by atoms with Crippen LogP contribution in [0.1, 0.15) is 68.9 Å². The number of amides is 4. The molecule has 13 nitrogen and oxygen atoms in total. The van der Waals surface area contributed by atoms with Gasteiger partial charge in [0.05, 0.1) is 18.3 Å². The summed E-state index contributed by atoms with van der Waals surface area (Å²) in [5, 5.41) is 13.4. The Bertz CT molecular complexity index is 1880. The van der Waals surface area contributed by atoms with Crippen molar-refractivity contribution in [3.05, 3.63) is 107 Å². The third kappa shape index (κ3) is 8.91. The molecular formula is C38H43N7O6. The van der Waals surface area contributed by atoms with Crippen LogP contribution in [-0.2, 0) is 30.7 Å². The second kappa shape index (κ2) is 15.9. The van der Waals surface area contributed by atoms with E-state index in [4.69, 9.17) is 9.47 Å². The number of rotatable bonds is 8. The molecule has 7 rings (SSSR count). The number of fused-ring (bicyclic) bond motifs is 7. The molecule has 2 atom stereocenters. The molecule has 2 aromatic heterocycles. The second-order valence-electron chi connectivity index (χ2n) is 13.2. The van der Waals surface area contributed by atoms with Crippen molar-refractivity contribution in [2.24, 2.45) is 5.92 Å². The quantitative estimate of drug-likeness (QED) is 0.254. The van der Waals surface area contributed by atoms with E-state index in [0.29, 0.717) is 36.9 Å². The van der Waals surface area contributed by atoms with Crippen LogP contribution in [0.2, 0.25) is 0 Å². The van der Waals surface area contributed by atoms with Gasteiger partial charge in [-0.05, 0) is 73.4 Å². The Morgan fingerprint density at radius 3 is 2.57 bits per heavy atom. The van der Waals surface area contributed by atoms with E-state index in [1.807, 2.05) is 43.3 Å². The Labute approximate surface area is 296 Å². The fourth-order valence-corrected chi connectivity index (χ4v) is 6.17. The molecule has 4 amide bonds. The minimum atomic E-state index is -0.589. The van der Waals surface area contributed by atoms with Crippen molar-refractivity contribution in [2.45, 2.75) is 58.8 Å². The molecule has 0 unspecified atom stereocenters. The summed E-state index contributed by atoms with van der Waals surface area (Å²) in [7, 11) is 0. The molecule has 51 heavy (non-hydrogen) atoms. The number of nitrogens with zero attached hydrogens (tertiary/aromatic N) is 4. The van der Waals surface area contributed by atoms with E-state index in [1.165, 1.54) is 18.2 Å². The van der Waals surface area contributed by atoms with E-state index in [1.54, 1.807) is 27.9 Å². The topological polar surface area (TPSA) is 157 Å². The first-order valence-electron chi connectivity index (χ1n) is 17.3. The first kappa shape index (κ1) is 35.1. The summed E-state index contributed by atoms with van der Waals surface area (Å²) >= 11 is 0. The molecule has 0 spiro atoms. The molecule has 0 radical (unpaired) electrons. The molecule has 1 fully saturated rings. The number of nitrogens with one attached hydrogen (secondary N) is 3. The van der Waals surface area contributed by atoms with E-state index in [9.17, 15) is 19.2 Å². The number of hydrogen-bond donors (Lipinski definition) is 3. The fraction of sp³-hybridized carbons (Fsp3) is 0.368. The second-order valence-corrected chi connectivity index (χ2v) is 13.2. The summed E-state index contributed by atoms with van der Waals surface area (Å²) in [6.07, 6.45) is 2.39. The number of aromatic nitrogens is 3. The lowest BCUT2D eigenvalue weighted by atomic mass is 10.1. The third-order valence-corrected chi connectivity index (χ3v) is 8.73. The molecule has 2 aromatic carbocycles. The molecule has 4 bridgehead atoms. The first-order valence-corrected chi connectivity index (χ1v) is 17.3. The number of likely N-dealkylation sites (tertiary alicyclic amines) is 1. The van der Waals surface area contributed by atoms with Gasteiger partial charge in [-0.15, -0.1) is 0 Å². The monoisotopic (exact) mass is 693 g/mol. The van der Waals surface area contributed by atoms with Crippen LogP contribution in [0.4, 0.5) is 0 Å². The third-order valence-electron chi connectivity index (χ3n) is 8.73. The van der Waals surface area contributed by atoms with E-state index < -0.39 is 24.0 Å². The molecule has 5 heterocycles. The maximum absolute atomic E-state index is 14.0. The van der Waals surface area contributed by atoms with Crippen molar-refractivity contribution in [1.29, 1.82) is 0 Å². The minimum absolute atomic E-state index is 0.155. The summed E-state index contributed by atoms with van der Waals surface area (Å²) in [5.74, 6) is -0.337. The number of ether oxygens (including phenoxy) is 2. The maximum atomic E-state index is 14.0. The average Bonchev–Trinajstić information content (AvgIpc) is 3.73. The zero-order valence-electron chi connectivity index (χ0n) is 29.1. The number of pyridine rings is 1. The van der Waals surface area contributed by atoms with Crippen LogP contribution in [0.25, 0.3) is 0 Å². The van der Waals surface area contributed by atoms with Gasteiger partial charge in [-0.2, -0.15) is 5.10 Å². The van der Waals surface area contributed by atoms with Gasteiger partial charge in [0.2, 0.25) is 0 Å². The summed E-state index contributed by atoms with van der Waals surface area (Å²) in [6, 6.07) is 18.6. The van der Waals surface area contributed by atoms with Gasteiger partial charge in [0.1, 0.15) is 23.3 Å². The maximum Gasteiger partial charge on any atom is 0.272 e. The highest BCUT2D eigenvalue weighted by atomic mass is 16.5. The molecule has 0 saturated carbocycles. The van der Waals surface area contributed by atoms with Gasteiger partial charge < -0.3 is 30.3 Å². The molecule has 4 aromatic rings. The van der Waals surface area contributed by atoms with Crippen molar-refractivity contribution in [3.8, 4) is 11.5 Å². The van der Waals surface area contributed by atoms with Crippen LogP contribution in [0, 0.1) is 5.92 Å². The number of carbonyl (C=O) groups is 4. The van der Waals surface area contributed by atoms with Crippen molar-refractivity contribution in [1.82, 2.24) is 35.6 Å². The standard InChI is InChI=1S/C38H43N7O6/c1-4-45-33(19-29(43-45)15-24(2)3)38(49)44-21-32-34(22-44)51-30-10-8-25(9-11-30)20-41-35(46)23-50-31-17-26(16-27(18-31)37(48)42-32)36(47)40-14-12-28-7-5-6-13-39-28/h5-11,13,16-19,24,32,34H,4,12,14-15,20-23H2,1-3H3,(H,40,47)(H,41,46)(H,42,48)/t32-,34-/m0/s1. The first-order chi connectivity index (χ1) is 24.6. The van der Waals surface area contributed by atoms with Crippen LogP contribution in [0.5, 0.6) is 11.5 Å². The normalized spacial score (nSPS) is 17.5. The summed E-state index contributed by atoms with van der Waals surface area (Å²) < 4.78 is 13.9. The zero-order valence-corrected chi connectivity index (χ0v) is 29.1. The lowest BCUT2D eigenvalue weighted by molar-refractivity contribution is -0.123. The van der Waals surface area contributed by atoms with Crippen LogP contribution in [-0.4, -0.2) is 81.7 Å². The summed E-state index contributed by atoms with van der Waals surface area (Å²) in [4.78, 5) is 59.8. The molecule has 3 aliphatic rings. The van der Waals surface area contributed by atoms with E-state index in [0.717, 1.165) is 23.4 Å². The molecular weight excluding hydrogens is 650 g/mol. The Morgan fingerprint density at radius 1 is 1.00 bits per heavy atom. The Hall–Kier alpha value is -5.72. The van der Waals surface area contributed by atoms with Crippen LogP contribution < -0.4 is 25.4 Å². The molecule has 1 saturated heterocycles. The van der Waals surface area contributed by atoms with Crippen LogP contribution >= 0.6 is 0 Å². The van der Waals surface area contributed by atoms with Gasteiger partial charge in [-0.3, -0.25) is 28.8 Å². The van der Waals surface area contributed by atoms with Crippen LogP contribution in [0.15, 0.2) is 72.9 Å². The van der Waals surface area contributed by atoms with Crippen molar-refractivity contribution < 1.29 is 28.7 Å². The molecule has 266 valence electrons. The Morgan fingerprint density at radius 2 is 1.82 bits per heavy atom. The van der Waals surface area contributed by atoms with Gasteiger partial charge in [0, 0.05) is 55.6 Å². The minimum Gasteiger partial charge on any atom is -0.486 e. The van der Waals surface area contributed by atoms with Gasteiger partial charge in [0.25, 0.3) is 23.6 Å². The van der Waals surface area contributed by atoms with Crippen LogP contribution in [0.3, 0.4) is 0 Å².